The summed E-state index contributed by atoms with van der Waals surface area (Å²) in [6.45, 7) is 7.24. The number of hydrogen-bond acceptors (Lipinski definition) is 5. The van der Waals surface area contributed by atoms with Crippen molar-refractivity contribution < 1.29 is 4.39 Å². The molecule has 0 amide bonds. The summed E-state index contributed by atoms with van der Waals surface area (Å²) in [5, 5.41) is 9.19. The first-order valence-corrected chi connectivity index (χ1v) is 8.03. The van der Waals surface area contributed by atoms with E-state index in [-0.39, 0.29) is 11.9 Å². The minimum absolute atomic E-state index is 0.194. The van der Waals surface area contributed by atoms with Crippen LogP contribution < -0.4 is 4.90 Å². The number of aryl methyl sites for hydroxylation is 1. The van der Waals surface area contributed by atoms with Crippen LogP contribution in [0.1, 0.15) is 23.7 Å². The first-order chi connectivity index (χ1) is 11.6. The molecule has 0 radical (unpaired) electrons. The van der Waals surface area contributed by atoms with E-state index in [1.807, 2.05) is 13.0 Å². The molecule has 1 aliphatic heterocycles. The highest BCUT2D eigenvalue weighted by atomic mass is 19.1. The smallest absolute Gasteiger partial charge is 0.183 e. The van der Waals surface area contributed by atoms with Gasteiger partial charge in [0.25, 0.3) is 0 Å². The number of rotatable bonds is 3. The first-order valence-electron chi connectivity index (χ1n) is 8.03. The zero-order valence-electron chi connectivity index (χ0n) is 13.9. The Balaban J connectivity index is 1.72. The predicted molar refractivity (Wildman–Crippen MR) is 90.0 cm³/mol. The number of halogens is 1. The third-order valence-corrected chi connectivity index (χ3v) is 4.53. The second-order valence-electron chi connectivity index (χ2n) is 6.18. The van der Waals surface area contributed by atoms with Gasteiger partial charge in [0.1, 0.15) is 11.9 Å². The predicted octanol–water partition coefficient (Wildman–Crippen LogP) is 2.51. The maximum Gasteiger partial charge on any atom is 0.183 e. The fourth-order valence-corrected chi connectivity index (χ4v) is 3.09. The van der Waals surface area contributed by atoms with Crippen LogP contribution in [-0.2, 0) is 6.54 Å². The molecule has 1 atom stereocenters. The number of anilines is 1. The lowest BCUT2D eigenvalue weighted by Crippen LogP contribution is -2.52. The van der Waals surface area contributed by atoms with E-state index in [0.29, 0.717) is 11.5 Å². The van der Waals surface area contributed by atoms with Gasteiger partial charge in [0.05, 0.1) is 0 Å². The standard InChI is InChI=1S/C18H20FN5/c1-13-3-4-16(19)9-15(13)12-23-7-8-24(11-14(23)2)18-17(10-20)21-5-6-22-18/h3-6,9,14H,7-8,11-12H2,1-2H3/t14-/m1/s1. The van der Waals surface area contributed by atoms with Crippen LogP contribution in [0.25, 0.3) is 0 Å². The first kappa shape index (κ1) is 16.3. The molecular formula is C18H20FN5. The molecule has 5 nitrogen and oxygen atoms in total. The number of hydrogen-bond donors (Lipinski definition) is 0. The highest BCUT2D eigenvalue weighted by Crippen LogP contribution is 2.21. The molecular weight excluding hydrogens is 305 g/mol. The van der Waals surface area contributed by atoms with E-state index < -0.39 is 0 Å². The number of piperazine rings is 1. The lowest BCUT2D eigenvalue weighted by atomic mass is 10.1. The zero-order valence-corrected chi connectivity index (χ0v) is 13.9. The minimum atomic E-state index is -0.194. The van der Waals surface area contributed by atoms with Gasteiger partial charge in [0.2, 0.25) is 0 Å². The molecule has 1 saturated heterocycles. The van der Waals surface area contributed by atoms with Crippen molar-refractivity contribution >= 4 is 5.82 Å². The summed E-state index contributed by atoms with van der Waals surface area (Å²) in [4.78, 5) is 12.8. The molecule has 0 bridgehead atoms. The molecule has 124 valence electrons. The van der Waals surface area contributed by atoms with Crippen LogP contribution >= 0.6 is 0 Å². The van der Waals surface area contributed by atoms with Gasteiger partial charge in [-0.1, -0.05) is 6.07 Å². The number of nitriles is 1. The topological polar surface area (TPSA) is 56.1 Å². The van der Waals surface area contributed by atoms with Crippen molar-refractivity contribution in [1.29, 1.82) is 5.26 Å². The summed E-state index contributed by atoms with van der Waals surface area (Å²) >= 11 is 0. The van der Waals surface area contributed by atoms with E-state index >= 15 is 0 Å². The molecule has 1 aromatic carbocycles. The van der Waals surface area contributed by atoms with Gasteiger partial charge in [-0.05, 0) is 37.1 Å². The van der Waals surface area contributed by atoms with Crippen LogP contribution in [0.5, 0.6) is 0 Å². The molecule has 3 rings (SSSR count). The van der Waals surface area contributed by atoms with Gasteiger partial charge in [-0.3, -0.25) is 4.90 Å². The van der Waals surface area contributed by atoms with Crippen molar-refractivity contribution in [2.75, 3.05) is 24.5 Å². The third kappa shape index (κ3) is 3.36. The zero-order chi connectivity index (χ0) is 17.1. The fraction of sp³-hybridized carbons (Fsp3) is 0.389. The van der Waals surface area contributed by atoms with Crippen LogP contribution in [0.15, 0.2) is 30.6 Å². The largest absolute Gasteiger partial charge is 0.351 e. The molecule has 1 fully saturated rings. The van der Waals surface area contributed by atoms with E-state index in [2.05, 4.69) is 32.8 Å². The van der Waals surface area contributed by atoms with Crippen molar-refractivity contribution in [2.24, 2.45) is 0 Å². The van der Waals surface area contributed by atoms with Gasteiger partial charge in [0.15, 0.2) is 11.5 Å². The molecule has 2 heterocycles. The Hall–Kier alpha value is -2.52. The van der Waals surface area contributed by atoms with Crippen LogP contribution in [-0.4, -0.2) is 40.5 Å². The van der Waals surface area contributed by atoms with Gasteiger partial charge in [-0.25, -0.2) is 14.4 Å². The quantitative estimate of drug-likeness (QED) is 0.868. The molecule has 6 heteroatoms. The Morgan fingerprint density at radius 1 is 1.29 bits per heavy atom. The number of nitrogens with zero attached hydrogens (tertiary/aromatic N) is 5. The van der Waals surface area contributed by atoms with Crippen molar-refractivity contribution in [3.05, 3.63) is 53.2 Å². The van der Waals surface area contributed by atoms with Crippen molar-refractivity contribution in [3.63, 3.8) is 0 Å². The highest BCUT2D eigenvalue weighted by Gasteiger charge is 2.26. The third-order valence-electron chi connectivity index (χ3n) is 4.53. The van der Waals surface area contributed by atoms with Crippen molar-refractivity contribution in [2.45, 2.75) is 26.4 Å². The summed E-state index contributed by atoms with van der Waals surface area (Å²) in [7, 11) is 0. The molecule has 0 unspecified atom stereocenters. The molecule has 2 aromatic rings. The average molecular weight is 325 g/mol. The summed E-state index contributed by atoms with van der Waals surface area (Å²) in [6.07, 6.45) is 3.15. The van der Waals surface area contributed by atoms with E-state index in [1.165, 1.54) is 12.3 Å². The second kappa shape index (κ2) is 6.93. The Morgan fingerprint density at radius 3 is 2.83 bits per heavy atom. The van der Waals surface area contributed by atoms with Gasteiger partial charge < -0.3 is 4.90 Å². The molecule has 0 saturated carbocycles. The van der Waals surface area contributed by atoms with Gasteiger partial charge in [-0.15, -0.1) is 0 Å². The number of aromatic nitrogens is 2. The normalized spacial score (nSPS) is 18.4. The molecule has 1 aromatic heterocycles. The summed E-state index contributed by atoms with van der Waals surface area (Å²) in [5.74, 6) is 0.452. The average Bonchev–Trinajstić information content (AvgIpc) is 2.59. The van der Waals surface area contributed by atoms with E-state index in [1.54, 1.807) is 12.3 Å². The van der Waals surface area contributed by atoms with Crippen molar-refractivity contribution in [1.82, 2.24) is 14.9 Å². The number of benzene rings is 1. The van der Waals surface area contributed by atoms with Gasteiger partial charge >= 0.3 is 0 Å². The van der Waals surface area contributed by atoms with Crippen LogP contribution in [0.4, 0.5) is 10.2 Å². The van der Waals surface area contributed by atoms with E-state index in [0.717, 1.165) is 37.3 Å². The molecule has 1 aliphatic rings. The summed E-state index contributed by atoms with van der Waals surface area (Å²) in [6, 6.07) is 7.31. The minimum Gasteiger partial charge on any atom is -0.351 e. The van der Waals surface area contributed by atoms with E-state index in [9.17, 15) is 9.65 Å². The Bertz CT molecular complexity index is 770. The monoisotopic (exact) mass is 325 g/mol. The second-order valence-corrected chi connectivity index (χ2v) is 6.18. The summed E-state index contributed by atoms with van der Waals surface area (Å²) < 4.78 is 13.5. The van der Waals surface area contributed by atoms with Gasteiger partial charge in [0, 0.05) is 44.6 Å². The van der Waals surface area contributed by atoms with Crippen molar-refractivity contribution in [3.8, 4) is 6.07 Å². The Labute approximate surface area is 141 Å². The molecule has 0 spiro atoms. The summed E-state index contributed by atoms with van der Waals surface area (Å²) in [5.41, 5.74) is 2.48. The molecule has 0 aliphatic carbocycles. The maximum absolute atomic E-state index is 13.5. The van der Waals surface area contributed by atoms with Crippen LogP contribution in [0.2, 0.25) is 0 Å². The molecule has 0 N–H and O–H groups in total. The maximum atomic E-state index is 13.5. The Kier molecular flexibility index (Phi) is 4.72. The van der Waals surface area contributed by atoms with Crippen LogP contribution in [0, 0.1) is 24.1 Å². The lowest BCUT2D eigenvalue weighted by molar-refractivity contribution is 0.180. The fourth-order valence-electron chi connectivity index (χ4n) is 3.09. The highest BCUT2D eigenvalue weighted by molar-refractivity contribution is 5.50. The van der Waals surface area contributed by atoms with Gasteiger partial charge in [-0.2, -0.15) is 5.26 Å². The lowest BCUT2D eigenvalue weighted by Gasteiger charge is -2.40. The Morgan fingerprint density at radius 2 is 2.08 bits per heavy atom. The van der Waals surface area contributed by atoms with Crippen LogP contribution in [0.3, 0.4) is 0 Å². The van der Waals surface area contributed by atoms with E-state index in [4.69, 9.17) is 0 Å². The molecule has 24 heavy (non-hydrogen) atoms. The SMILES string of the molecule is Cc1ccc(F)cc1CN1CCN(c2nccnc2C#N)C[C@H]1C.